The number of fused-ring (bicyclic) bond motifs is 1. The van der Waals surface area contributed by atoms with Gasteiger partial charge in [0.15, 0.2) is 5.82 Å². The number of amides is 1. The monoisotopic (exact) mass is 393 g/mol. The highest BCUT2D eigenvalue weighted by Gasteiger charge is 2.48. The fourth-order valence-corrected chi connectivity index (χ4v) is 4.23. The zero-order chi connectivity index (χ0) is 20.1. The molecule has 8 nitrogen and oxygen atoms in total. The van der Waals surface area contributed by atoms with Gasteiger partial charge in [0.05, 0.1) is 29.8 Å². The Morgan fingerprint density at radius 2 is 1.93 bits per heavy atom. The van der Waals surface area contributed by atoms with Crippen LogP contribution in [0.1, 0.15) is 21.7 Å². The Kier molecular flexibility index (Phi) is 4.04. The summed E-state index contributed by atoms with van der Waals surface area (Å²) in [6.45, 7) is 5.80. The molecule has 0 saturated carbocycles. The number of benzene rings is 1. The standard InChI is InChI=1S/C20H20FN7O/c1-12-8-22-13(2)19(25-12)27-10-14-9-26(11-17(14)27)20(29)18-15(21)4-3-5-16(18)28-23-6-7-24-28/h3-8,14,17H,9-11H2,1-2H3. The van der Waals surface area contributed by atoms with Gasteiger partial charge in [-0.25, -0.2) is 9.37 Å². The molecule has 0 spiro atoms. The summed E-state index contributed by atoms with van der Waals surface area (Å²) in [5, 5.41) is 8.11. The number of carbonyl (C=O) groups excluding carboxylic acids is 1. The van der Waals surface area contributed by atoms with Crippen molar-refractivity contribution < 1.29 is 9.18 Å². The van der Waals surface area contributed by atoms with Gasteiger partial charge in [-0.3, -0.25) is 9.78 Å². The summed E-state index contributed by atoms with van der Waals surface area (Å²) in [4.78, 5) is 27.5. The van der Waals surface area contributed by atoms with Gasteiger partial charge in [-0.1, -0.05) is 6.07 Å². The molecule has 2 atom stereocenters. The number of likely N-dealkylation sites (tertiary alicyclic amines) is 1. The number of nitrogens with zero attached hydrogens (tertiary/aromatic N) is 7. The van der Waals surface area contributed by atoms with Crippen LogP contribution in [0.5, 0.6) is 0 Å². The Morgan fingerprint density at radius 3 is 2.72 bits per heavy atom. The van der Waals surface area contributed by atoms with E-state index in [0.717, 1.165) is 23.8 Å². The third kappa shape index (κ3) is 2.84. The molecule has 29 heavy (non-hydrogen) atoms. The lowest BCUT2D eigenvalue weighted by molar-refractivity contribution is 0.0784. The molecule has 2 fully saturated rings. The minimum absolute atomic E-state index is 0.00285. The van der Waals surface area contributed by atoms with Crippen molar-refractivity contribution in [1.29, 1.82) is 0 Å². The molecule has 1 amide bonds. The summed E-state index contributed by atoms with van der Waals surface area (Å²) in [5.74, 6) is 0.310. The Labute approximate surface area is 167 Å². The van der Waals surface area contributed by atoms with E-state index in [2.05, 4.69) is 25.1 Å². The molecule has 0 N–H and O–H groups in total. The molecule has 5 rings (SSSR count). The van der Waals surface area contributed by atoms with Gasteiger partial charge in [-0.2, -0.15) is 15.0 Å². The maximum Gasteiger partial charge on any atom is 0.259 e. The molecule has 2 saturated heterocycles. The molecule has 2 aliphatic rings. The number of anilines is 1. The topological polar surface area (TPSA) is 80.0 Å². The first-order chi connectivity index (χ1) is 14.0. The van der Waals surface area contributed by atoms with Gasteiger partial charge in [0, 0.05) is 31.7 Å². The van der Waals surface area contributed by atoms with Crippen LogP contribution in [0, 0.1) is 25.6 Å². The average molecular weight is 393 g/mol. The number of rotatable bonds is 3. The van der Waals surface area contributed by atoms with Gasteiger partial charge in [0.1, 0.15) is 17.1 Å². The molecule has 2 aromatic heterocycles. The molecular weight excluding hydrogens is 373 g/mol. The van der Waals surface area contributed by atoms with Crippen LogP contribution in [0.3, 0.4) is 0 Å². The summed E-state index contributed by atoms with van der Waals surface area (Å²) in [6.07, 6.45) is 4.75. The molecular formula is C20H20FN7O. The number of aromatic nitrogens is 5. The van der Waals surface area contributed by atoms with Gasteiger partial charge in [-0.15, -0.1) is 0 Å². The lowest BCUT2D eigenvalue weighted by atomic mass is 9.92. The van der Waals surface area contributed by atoms with Gasteiger partial charge in [0.2, 0.25) is 0 Å². The second-order valence-corrected chi connectivity index (χ2v) is 7.56. The van der Waals surface area contributed by atoms with Crippen LogP contribution < -0.4 is 4.90 Å². The van der Waals surface area contributed by atoms with Crippen molar-refractivity contribution in [3.05, 3.63) is 59.6 Å². The predicted molar refractivity (Wildman–Crippen MR) is 103 cm³/mol. The van der Waals surface area contributed by atoms with E-state index in [1.165, 1.54) is 23.3 Å². The minimum atomic E-state index is -0.568. The first-order valence-electron chi connectivity index (χ1n) is 9.54. The van der Waals surface area contributed by atoms with Crippen LogP contribution in [0.2, 0.25) is 0 Å². The quantitative estimate of drug-likeness (QED) is 0.675. The highest BCUT2D eigenvalue weighted by molar-refractivity contribution is 5.98. The number of carbonyl (C=O) groups is 1. The third-order valence-corrected chi connectivity index (χ3v) is 5.69. The Bertz CT molecular complexity index is 1080. The number of halogens is 1. The van der Waals surface area contributed by atoms with Crippen LogP contribution >= 0.6 is 0 Å². The summed E-state index contributed by atoms with van der Waals surface area (Å²) in [5.41, 5.74) is 2.09. The molecule has 2 unspecified atom stereocenters. The smallest absolute Gasteiger partial charge is 0.259 e. The van der Waals surface area contributed by atoms with E-state index in [1.54, 1.807) is 23.2 Å². The van der Waals surface area contributed by atoms with Crippen molar-refractivity contribution in [2.75, 3.05) is 24.5 Å². The van der Waals surface area contributed by atoms with Crippen molar-refractivity contribution in [2.45, 2.75) is 19.9 Å². The zero-order valence-electron chi connectivity index (χ0n) is 16.2. The van der Waals surface area contributed by atoms with Gasteiger partial charge >= 0.3 is 0 Å². The lowest BCUT2D eigenvalue weighted by Gasteiger charge is -2.44. The normalized spacial score (nSPS) is 20.5. The average Bonchev–Trinajstić information content (AvgIpc) is 3.33. The third-order valence-electron chi connectivity index (χ3n) is 5.69. The molecule has 4 heterocycles. The van der Waals surface area contributed by atoms with Gasteiger partial charge < -0.3 is 9.80 Å². The molecule has 9 heteroatoms. The summed E-state index contributed by atoms with van der Waals surface area (Å²) in [6, 6.07) is 4.67. The van der Waals surface area contributed by atoms with Crippen molar-refractivity contribution in [1.82, 2.24) is 29.9 Å². The van der Waals surface area contributed by atoms with E-state index in [4.69, 9.17) is 0 Å². The van der Waals surface area contributed by atoms with Crippen molar-refractivity contribution in [3.8, 4) is 5.69 Å². The SMILES string of the molecule is Cc1cnc(C)c(N2CC3CN(C(=O)c4c(F)cccc4-n4nccn4)CC32)n1. The molecule has 0 bridgehead atoms. The molecule has 148 valence electrons. The van der Waals surface area contributed by atoms with E-state index in [-0.39, 0.29) is 17.5 Å². The van der Waals surface area contributed by atoms with Crippen LogP contribution in [-0.4, -0.2) is 61.4 Å². The molecule has 3 aromatic rings. The van der Waals surface area contributed by atoms with Gasteiger partial charge in [0.25, 0.3) is 5.91 Å². The molecule has 0 aliphatic carbocycles. The first kappa shape index (κ1) is 17.7. The van der Waals surface area contributed by atoms with E-state index >= 15 is 0 Å². The highest BCUT2D eigenvalue weighted by Crippen LogP contribution is 2.37. The van der Waals surface area contributed by atoms with Crippen molar-refractivity contribution >= 4 is 11.7 Å². The Morgan fingerprint density at radius 1 is 1.14 bits per heavy atom. The Hall–Kier alpha value is -3.36. The van der Waals surface area contributed by atoms with E-state index in [1.807, 2.05) is 13.8 Å². The molecule has 0 radical (unpaired) electrons. The summed E-state index contributed by atoms with van der Waals surface area (Å²) < 4.78 is 14.6. The highest BCUT2D eigenvalue weighted by atomic mass is 19.1. The van der Waals surface area contributed by atoms with E-state index in [9.17, 15) is 9.18 Å². The Balaban J connectivity index is 1.41. The maximum absolute atomic E-state index is 14.6. The van der Waals surface area contributed by atoms with Crippen molar-refractivity contribution in [2.24, 2.45) is 5.92 Å². The fraction of sp³-hybridized carbons (Fsp3) is 0.350. The molecule has 1 aromatic carbocycles. The lowest BCUT2D eigenvalue weighted by Crippen LogP contribution is -2.56. The predicted octanol–water partition coefficient (Wildman–Crippen LogP) is 1.77. The zero-order valence-corrected chi connectivity index (χ0v) is 16.2. The summed E-state index contributed by atoms with van der Waals surface area (Å²) in [7, 11) is 0. The van der Waals surface area contributed by atoms with Crippen LogP contribution in [0.25, 0.3) is 5.69 Å². The summed E-state index contributed by atoms with van der Waals surface area (Å²) >= 11 is 0. The van der Waals surface area contributed by atoms with Gasteiger partial charge in [-0.05, 0) is 26.0 Å². The van der Waals surface area contributed by atoms with Crippen LogP contribution in [0.4, 0.5) is 10.2 Å². The second kappa shape index (κ2) is 6.61. The number of hydrogen-bond acceptors (Lipinski definition) is 6. The fourth-order valence-electron chi connectivity index (χ4n) is 4.23. The largest absolute Gasteiger partial charge is 0.349 e. The number of hydrogen-bond donors (Lipinski definition) is 0. The van der Waals surface area contributed by atoms with E-state index in [0.29, 0.717) is 24.7 Å². The van der Waals surface area contributed by atoms with Crippen LogP contribution in [0.15, 0.2) is 36.8 Å². The maximum atomic E-state index is 14.6. The van der Waals surface area contributed by atoms with E-state index < -0.39 is 5.82 Å². The molecule has 2 aliphatic heterocycles. The first-order valence-corrected chi connectivity index (χ1v) is 9.54. The number of aryl methyl sites for hydroxylation is 2. The van der Waals surface area contributed by atoms with Crippen LogP contribution in [-0.2, 0) is 0 Å². The van der Waals surface area contributed by atoms with Crippen molar-refractivity contribution in [3.63, 3.8) is 0 Å². The minimum Gasteiger partial charge on any atom is -0.349 e. The second-order valence-electron chi connectivity index (χ2n) is 7.56.